The van der Waals surface area contributed by atoms with Crippen molar-refractivity contribution in [1.29, 1.82) is 0 Å². The molecule has 2 nitrogen and oxygen atoms in total. The minimum Gasteiger partial charge on any atom is -0.842 e. The Balaban J connectivity index is -0.000000320. The molecule has 0 aliphatic heterocycles. The van der Waals surface area contributed by atoms with E-state index in [1.54, 1.807) is 0 Å². The third-order valence-electron chi connectivity index (χ3n) is 1.19. The first kappa shape index (κ1) is 18.4. The summed E-state index contributed by atoms with van der Waals surface area (Å²) in [6.45, 7) is 2.11. The first-order valence-electron chi connectivity index (χ1n) is 3.39. The van der Waals surface area contributed by atoms with Crippen molar-refractivity contribution in [3.63, 3.8) is 0 Å². The van der Waals surface area contributed by atoms with E-state index in [0.717, 1.165) is 25.7 Å². The Hall–Kier alpha value is 1.54. The van der Waals surface area contributed by atoms with Gasteiger partial charge in [-0.3, -0.25) is 0 Å². The van der Waals surface area contributed by atoms with E-state index in [1.807, 2.05) is 0 Å². The predicted molar refractivity (Wildman–Crippen MR) is 35.9 cm³/mol. The van der Waals surface area contributed by atoms with E-state index in [4.69, 9.17) is 0 Å². The molecular weight excluding hydrogens is 149 g/mol. The van der Waals surface area contributed by atoms with E-state index in [0.29, 0.717) is 6.16 Å². The van der Waals surface area contributed by atoms with Crippen molar-refractivity contribution in [3.8, 4) is 0 Å². The van der Waals surface area contributed by atoms with Crippen molar-refractivity contribution >= 4 is 8.38 Å². The fourth-order valence-corrected chi connectivity index (χ4v) is 1.15. The largest absolute Gasteiger partial charge is 1.00 e. The maximum atomic E-state index is 10.00. The smallest absolute Gasteiger partial charge is 0.842 e. The Kier molecular flexibility index (Phi) is 23.5. The van der Waals surface area contributed by atoms with Gasteiger partial charge in [-0.15, -0.1) is 0 Å². The van der Waals surface area contributed by atoms with Crippen LogP contribution in [0, 0.1) is 0 Å². The van der Waals surface area contributed by atoms with Crippen molar-refractivity contribution < 1.29 is 47.5 Å². The first-order valence-corrected chi connectivity index (χ1v) is 4.75. The van der Waals surface area contributed by atoms with Crippen LogP contribution >= 0.6 is 8.38 Å². The molecule has 0 radical (unpaired) electrons. The fraction of sp³-hybridized carbons (Fsp3) is 1.00. The summed E-state index contributed by atoms with van der Waals surface area (Å²) in [5.74, 6) is 0. The monoisotopic (exact) mass is 162 g/mol. The van der Waals surface area contributed by atoms with Gasteiger partial charge in [-0.1, -0.05) is 38.8 Å². The van der Waals surface area contributed by atoms with Gasteiger partial charge < -0.3 is 18.2 Å². The Morgan fingerprint density at radius 1 is 1.00 bits per heavy atom. The minimum absolute atomic E-state index is 0. The van der Waals surface area contributed by atoms with E-state index in [9.17, 15) is 9.79 Å². The molecule has 0 fully saturated rings. The van der Waals surface area contributed by atoms with Crippen LogP contribution in [-0.4, -0.2) is 6.16 Å². The molecule has 56 valence electrons. The van der Waals surface area contributed by atoms with Crippen LogP contribution in [0.15, 0.2) is 0 Å². The first-order chi connectivity index (χ1) is 4.27. The van der Waals surface area contributed by atoms with E-state index in [-0.39, 0.29) is 37.7 Å². The molecule has 0 bridgehead atoms. The molecule has 0 aromatic rings. The van der Waals surface area contributed by atoms with Crippen LogP contribution in [0.4, 0.5) is 0 Å². The summed E-state index contributed by atoms with van der Waals surface area (Å²) in [5, 5.41) is 0. The second kappa shape index (κ2) is 14.1. The average molecular weight is 162 g/mol. The Morgan fingerprint density at radius 3 is 1.91 bits per heavy atom. The molecule has 0 spiro atoms. The zero-order chi connectivity index (χ0) is 7.11. The molecule has 0 rings (SSSR count). The van der Waals surface area contributed by atoms with Gasteiger partial charge in [0, 0.05) is 0 Å². The van der Waals surface area contributed by atoms with Crippen LogP contribution < -0.4 is 47.5 Å². The van der Waals surface area contributed by atoms with Crippen molar-refractivity contribution in [2.75, 3.05) is 6.16 Å². The quantitative estimate of drug-likeness (QED) is 0.230. The summed E-state index contributed by atoms with van der Waals surface area (Å²) in [7, 11) is -2.12. The summed E-state index contributed by atoms with van der Waals surface area (Å²) >= 11 is 0. The number of hydrogen-bond acceptors (Lipinski definition) is 2. The molecule has 0 amide bonds. The van der Waals surface area contributed by atoms with E-state index < -0.39 is 8.38 Å². The normalized spacial score (nSPS) is 8.73. The standard InChI is InChI=1S/C6H13O2P.2Li/c1-2-3-4-5-6-9(7)8;;/h2-6H2,1H3;;/q-2;2*+1. The second-order valence-electron chi connectivity index (χ2n) is 2.12. The van der Waals surface area contributed by atoms with Crippen LogP contribution in [0.25, 0.3) is 0 Å². The third kappa shape index (κ3) is 18.5. The number of hydrogen-bond donors (Lipinski definition) is 0. The summed E-state index contributed by atoms with van der Waals surface area (Å²) in [6, 6.07) is 0. The van der Waals surface area contributed by atoms with Crippen molar-refractivity contribution in [3.05, 3.63) is 0 Å². The number of rotatable bonds is 5. The van der Waals surface area contributed by atoms with Gasteiger partial charge >= 0.3 is 37.7 Å². The fourth-order valence-electron chi connectivity index (χ4n) is 0.668. The van der Waals surface area contributed by atoms with Crippen LogP contribution in [0.3, 0.4) is 0 Å². The maximum absolute atomic E-state index is 10.00. The van der Waals surface area contributed by atoms with Crippen molar-refractivity contribution in [2.24, 2.45) is 0 Å². The van der Waals surface area contributed by atoms with Crippen LogP contribution in [0.5, 0.6) is 0 Å². The van der Waals surface area contributed by atoms with Crippen LogP contribution in [-0.2, 0) is 0 Å². The summed E-state index contributed by atoms with van der Waals surface area (Å²) in [5.41, 5.74) is 0. The zero-order valence-electron chi connectivity index (χ0n) is 7.80. The molecule has 0 unspecified atom stereocenters. The molecule has 5 heteroatoms. The van der Waals surface area contributed by atoms with Crippen LogP contribution in [0.1, 0.15) is 32.6 Å². The summed E-state index contributed by atoms with van der Waals surface area (Å²) < 4.78 is 0. The van der Waals surface area contributed by atoms with E-state index >= 15 is 0 Å². The van der Waals surface area contributed by atoms with Gasteiger partial charge in [0.1, 0.15) is 0 Å². The molecule has 0 atom stereocenters. The Bertz CT molecular complexity index is 64.5. The third-order valence-corrected chi connectivity index (χ3v) is 1.88. The van der Waals surface area contributed by atoms with Gasteiger partial charge in [-0.25, -0.2) is 0 Å². The molecule has 0 aromatic heterocycles. The molecule has 0 aromatic carbocycles. The Morgan fingerprint density at radius 2 is 1.55 bits per heavy atom. The molecule has 0 saturated heterocycles. The van der Waals surface area contributed by atoms with Gasteiger partial charge in [0.05, 0.1) is 0 Å². The van der Waals surface area contributed by atoms with Gasteiger partial charge in [0.15, 0.2) is 0 Å². The average Bonchev–Trinajstić information content (AvgIpc) is 1.80. The van der Waals surface area contributed by atoms with Gasteiger partial charge in [-0.05, 0) is 0 Å². The molecule has 0 heterocycles. The molecule has 0 aliphatic carbocycles. The van der Waals surface area contributed by atoms with E-state index in [2.05, 4.69) is 6.92 Å². The maximum Gasteiger partial charge on any atom is 1.00 e. The Labute approximate surface area is 94.4 Å². The van der Waals surface area contributed by atoms with Gasteiger partial charge in [0.25, 0.3) is 0 Å². The van der Waals surface area contributed by atoms with Crippen molar-refractivity contribution in [1.82, 2.24) is 0 Å². The minimum atomic E-state index is -2.12. The molecule has 0 N–H and O–H groups in total. The molecule has 11 heavy (non-hydrogen) atoms. The van der Waals surface area contributed by atoms with Crippen molar-refractivity contribution in [2.45, 2.75) is 32.6 Å². The van der Waals surface area contributed by atoms with Gasteiger partial charge in [0.2, 0.25) is 0 Å². The number of unbranched alkanes of at least 4 members (excludes halogenated alkanes) is 3. The summed E-state index contributed by atoms with van der Waals surface area (Å²) in [4.78, 5) is 20.0. The summed E-state index contributed by atoms with van der Waals surface area (Å²) in [6.07, 6.45) is 4.58. The SMILES string of the molecule is CCCCCCP([O-])[O-].[Li+].[Li+]. The molecular formula is C6H13Li2O2P. The zero-order valence-corrected chi connectivity index (χ0v) is 8.69. The molecule has 0 saturated carbocycles. The van der Waals surface area contributed by atoms with Crippen LogP contribution in [0.2, 0.25) is 0 Å². The predicted octanol–water partition coefficient (Wildman–Crippen LogP) is -5.39. The molecule has 0 aliphatic rings. The van der Waals surface area contributed by atoms with Gasteiger partial charge in [-0.2, -0.15) is 0 Å². The topological polar surface area (TPSA) is 46.1 Å². The second-order valence-corrected chi connectivity index (χ2v) is 3.23. The van der Waals surface area contributed by atoms with E-state index in [1.165, 1.54) is 0 Å².